The van der Waals surface area contributed by atoms with Crippen molar-refractivity contribution < 1.29 is 23.7 Å². The van der Waals surface area contributed by atoms with Crippen LogP contribution in [0.2, 0.25) is 0 Å². The van der Waals surface area contributed by atoms with Gasteiger partial charge in [0.05, 0.1) is 38.1 Å². The van der Waals surface area contributed by atoms with Gasteiger partial charge in [0.2, 0.25) is 5.75 Å². The number of carbonyl (C=O) groups is 1. The lowest BCUT2D eigenvalue weighted by atomic mass is 10.1. The molecule has 0 saturated carbocycles. The lowest BCUT2D eigenvalue weighted by Crippen LogP contribution is -2.25. The Balaban J connectivity index is 1.98. The van der Waals surface area contributed by atoms with Crippen LogP contribution in [-0.2, 0) is 4.74 Å². The van der Waals surface area contributed by atoms with Crippen molar-refractivity contribution in [3.63, 3.8) is 0 Å². The van der Waals surface area contributed by atoms with E-state index >= 15 is 0 Å². The number of amides is 1. The summed E-state index contributed by atoms with van der Waals surface area (Å²) in [5, 5.41) is 2.89. The summed E-state index contributed by atoms with van der Waals surface area (Å²) in [5.74, 6) is 2.28. The van der Waals surface area contributed by atoms with Crippen molar-refractivity contribution in [1.82, 2.24) is 14.9 Å². The lowest BCUT2D eigenvalue weighted by molar-refractivity contribution is 0.0948. The number of rotatable bonds is 9. The van der Waals surface area contributed by atoms with E-state index in [0.717, 1.165) is 29.0 Å². The molecule has 0 radical (unpaired) electrons. The molecule has 0 bridgehead atoms. The van der Waals surface area contributed by atoms with Gasteiger partial charge in [0.15, 0.2) is 11.5 Å². The number of methoxy groups -OCH3 is 4. The molecule has 0 aliphatic carbocycles. The number of aromatic nitrogens is 2. The molecule has 1 heterocycles. The molecule has 2 aromatic carbocycles. The van der Waals surface area contributed by atoms with Crippen molar-refractivity contribution in [2.24, 2.45) is 0 Å². The molecular weight excluding hydrogens is 386 g/mol. The lowest BCUT2D eigenvalue weighted by Gasteiger charge is -2.15. The first kappa shape index (κ1) is 21.4. The Morgan fingerprint density at radius 2 is 1.73 bits per heavy atom. The maximum absolute atomic E-state index is 12.4. The van der Waals surface area contributed by atoms with Gasteiger partial charge in [0, 0.05) is 38.0 Å². The molecule has 8 nitrogen and oxygen atoms in total. The normalized spacial score (nSPS) is 10.8. The summed E-state index contributed by atoms with van der Waals surface area (Å²) < 4.78 is 23.3. The van der Waals surface area contributed by atoms with Crippen LogP contribution >= 0.6 is 0 Å². The van der Waals surface area contributed by atoms with Crippen LogP contribution in [0.3, 0.4) is 0 Å². The molecule has 0 atom stereocenters. The number of benzene rings is 2. The summed E-state index contributed by atoms with van der Waals surface area (Å²) >= 11 is 0. The molecule has 0 unspecified atom stereocenters. The number of imidazole rings is 1. The number of ether oxygens (including phenoxy) is 4. The first-order valence-electron chi connectivity index (χ1n) is 9.60. The summed E-state index contributed by atoms with van der Waals surface area (Å²) in [4.78, 5) is 17.1. The molecule has 3 aromatic rings. The minimum absolute atomic E-state index is 0.131. The van der Waals surface area contributed by atoms with E-state index in [4.69, 9.17) is 18.9 Å². The van der Waals surface area contributed by atoms with Crippen molar-refractivity contribution in [3.8, 4) is 22.9 Å². The molecule has 160 valence electrons. The Labute approximate surface area is 175 Å². The second-order valence-corrected chi connectivity index (χ2v) is 6.68. The number of carbonyl (C=O) groups excluding carboxylic acids is 1. The highest BCUT2D eigenvalue weighted by molar-refractivity contribution is 5.97. The largest absolute Gasteiger partial charge is 0.493 e. The monoisotopic (exact) mass is 413 g/mol. The fourth-order valence-corrected chi connectivity index (χ4v) is 3.38. The van der Waals surface area contributed by atoms with Crippen molar-refractivity contribution in [2.45, 2.75) is 13.3 Å². The minimum atomic E-state index is -0.131. The third-order valence-electron chi connectivity index (χ3n) is 4.80. The predicted molar refractivity (Wildman–Crippen MR) is 114 cm³/mol. The SMILES string of the molecule is COCCCNC(=O)c1ccc2c(c1)nc(C)n2-c1cc(OC)c(OC)c(OC)c1. The van der Waals surface area contributed by atoms with E-state index in [2.05, 4.69) is 10.3 Å². The minimum Gasteiger partial charge on any atom is -0.493 e. The number of hydrogen-bond donors (Lipinski definition) is 1. The zero-order valence-corrected chi connectivity index (χ0v) is 17.9. The molecule has 0 fully saturated rings. The maximum atomic E-state index is 12.4. The summed E-state index contributed by atoms with van der Waals surface area (Å²) in [5.41, 5.74) is 2.99. The Hall–Kier alpha value is -3.26. The van der Waals surface area contributed by atoms with E-state index in [0.29, 0.717) is 36.0 Å². The highest BCUT2D eigenvalue weighted by Gasteiger charge is 2.18. The average molecular weight is 413 g/mol. The molecule has 0 aliphatic heterocycles. The van der Waals surface area contributed by atoms with Crippen LogP contribution < -0.4 is 19.5 Å². The third-order valence-corrected chi connectivity index (χ3v) is 4.80. The van der Waals surface area contributed by atoms with E-state index in [9.17, 15) is 4.79 Å². The molecule has 1 N–H and O–H groups in total. The molecule has 0 aliphatic rings. The molecule has 30 heavy (non-hydrogen) atoms. The van der Waals surface area contributed by atoms with Crippen molar-refractivity contribution in [1.29, 1.82) is 0 Å². The molecule has 0 saturated heterocycles. The van der Waals surface area contributed by atoms with Gasteiger partial charge in [-0.25, -0.2) is 4.98 Å². The molecule has 1 amide bonds. The molecule has 3 rings (SSSR count). The topological polar surface area (TPSA) is 83.8 Å². The van der Waals surface area contributed by atoms with Gasteiger partial charge in [-0.15, -0.1) is 0 Å². The van der Waals surface area contributed by atoms with E-state index in [1.807, 2.05) is 29.7 Å². The van der Waals surface area contributed by atoms with Gasteiger partial charge in [-0.05, 0) is 31.5 Å². The zero-order chi connectivity index (χ0) is 21.7. The molecule has 1 aromatic heterocycles. The fourth-order valence-electron chi connectivity index (χ4n) is 3.38. The van der Waals surface area contributed by atoms with Gasteiger partial charge in [-0.1, -0.05) is 0 Å². The molecular formula is C22H27N3O5. The van der Waals surface area contributed by atoms with Gasteiger partial charge >= 0.3 is 0 Å². The van der Waals surface area contributed by atoms with E-state index in [1.165, 1.54) is 0 Å². The van der Waals surface area contributed by atoms with Crippen molar-refractivity contribution in [2.75, 3.05) is 41.6 Å². The van der Waals surface area contributed by atoms with Crippen LogP contribution in [0.15, 0.2) is 30.3 Å². The quantitative estimate of drug-likeness (QED) is 0.543. The smallest absolute Gasteiger partial charge is 0.251 e. The predicted octanol–water partition coefficient (Wildman–Crippen LogP) is 3.13. The van der Waals surface area contributed by atoms with Crippen LogP contribution in [0.1, 0.15) is 22.6 Å². The number of aryl methyl sites for hydroxylation is 1. The van der Waals surface area contributed by atoms with Gasteiger partial charge in [-0.2, -0.15) is 0 Å². The highest BCUT2D eigenvalue weighted by Crippen LogP contribution is 2.40. The average Bonchev–Trinajstić information content (AvgIpc) is 3.10. The number of hydrogen-bond acceptors (Lipinski definition) is 6. The Kier molecular flexibility index (Phi) is 6.79. The summed E-state index contributed by atoms with van der Waals surface area (Å²) in [6, 6.07) is 9.21. The van der Waals surface area contributed by atoms with Gasteiger partial charge in [-0.3, -0.25) is 9.36 Å². The number of nitrogens with zero attached hydrogens (tertiary/aromatic N) is 2. The van der Waals surface area contributed by atoms with Crippen LogP contribution in [0.4, 0.5) is 0 Å². The molecule has 0 spiro atoms. The van der Waals surface area contributed by atoms with Crippen LogP contribution in [-0.4, -0.2) is 57.0 Å². The van der Waals surface area contributed by atoms with Crippen LogP contribution in [0.25, 0.3) is 16.7 Å². The second-order valence-electron chi connectivity index (χ2n) is 6.68. The fraction of sp³-hybridized carbons (Fsp3) is 0.364. The first-order chi connectivity index (χ1) is 14.5. The van der Waals surface area contributed by atoms with Gasteiger partial charge in [0.1, 0.15) is 5.82 Å². The van der Waals surface area contributed by atoms with Gasteiger partial charge in [0.25, 0.3) is 5.91 Å². The van der Waals surface area contributed by atoms with E-state index in [-0.39, 0.29) is 5.91 Å². The maximum Gasteiger partial charge on any atom is 0.251 e. The Morgan fingerprint density at radius 3 is 2.33 bits per heavy atom. The molecule has 8 heteroatoms. The van der Waals surface area contributed by atoms with E-state index < -0.39 is 0 Å². The Morgan fingerprint density at radius 1 is 1.03 bits per heavy atom. The van der Waals surface area contributed by atoms with Crippen LogP contribution in [0, 0.1) is 6.92 Å². The van der Waals surface area contributed by atoms with Crippen LogP contribution in [0.5, 0.6) is 17.2 Å². The number of nitrogens with one attached hydrogen (secondary N) is 1. The van der Waals surface area contributed by atoms with E-state index in [1.54, 1.807) is 40.6 Å². The zero-order valence-electron chi connectivity index (χ0n) is 17.9. The third kappa shape index (κ3) is 4.18. The summed E-state index contributed by atoms with van der Waals surface area (Å²) in [7, 11) is 6.37. The highest BCUT2D eigenvalue weighted by atomic mass is 16.5. The first-order valence-corrected chi connectivity index (χ1v) is 9.60. The number of fused-ring (bicyclic) bond motifs is 1. The standard InChI is InChI=1S/C22H27N3O5/c1-14-24-17-11-15(22(26)23-9-6-10-27-2)7-8-18(17)25(14)16-12-19(28-3)21(30-5)20(13-16)29-4/h7-8,11-13H,6,9-10H2,1-5H3,(H,23,26). The second kappa shape index (κ2) is 9.49. The summed E-state index contributed by atoms with van der Waals surface area (Å²) in [6.07, 6.45) is 0.763. The van der Waals surface area contributed by atoms with Crippen molar-refractivity contribution in [3.05, 3.63) is 41.7 Å². The Bertz CT molecular complexity index is 1020. The summed E-state index contributed by atoms with van der Waals surface area (Å²) in [6.45, 7) is 3.08. The van der Waals surface area contributed by atoms with Gasteiger partial charge < -0.3 is 24.3 Å². The van der Waals surface area contributed by atoms with Crippen molar-refractivity contribution >= 4 is 16.9 Å².